The Morgan fingerprint density at radius 3 is 1.81 bits per heavy atom. The molecule has 0 saturated heterocycles. The summed E-state index contributed by atoms with van der Waals surface area (Å²) >= 11 is 0. The van der Waals surface area contributed by atoms with Gasteiger partial charge in [-0.2, -0.15) is 0 Å². The number of aliphatic hydroxyl groups excluding tert-OH is 4. The normalized spacial score (nSPS) is 11.8. The average molecular weight is 468 g/mol. The summed E-state index contributed by atoms with van der Waals surface area (Å²) in [5.41, 5.74) is 6.31. The van der Waals surface area contributed by atoms with Gasteiger partial charge < -0.3 is 50.2 Å². The first-order valence-electron chi connectivity index (χ1n) is 11.1. The second-order valence-corrected chi connectivity index (χ2v) is 7.03. The first-order valence-corrected chi connectivity index (χ1v) is 11.1. The molecule has 11 nitrogen and oxygen atoms in total. The summed E-state index contributed by atoms with van der Waals surface area (Å²) in [5, 5.41) is 37.8. The number of hydrogen-bond donors (Lipinski definition) is 6. The van der Waals surface area contributed by atoms with Crippen LogP contribution < -0.4 is 11.6 Å². The number of Topliss-reactive ketones (excluding diaryl/α,β-unsaturated/α-hetero) is 1. The van der Waals surface area contributed by atoms with Crippen molar-refractivity contribution in [1.29, 1.82) is 0 Å². The van der Waals surface area contributed by atoms with E-state index >= 15 is 0 Å². The van der Waals surface area contributed by atoms with Crippen LogP contribution in [0.25, 0.3) is 0 Å². The van der Waals surface area contributed by atoms with Gasteiger partial charge in [0.05, 0.1) is 51.9 Å². The molecule has 0 aliphatic carbocycles. The summed E-state index contributed by atoms with van der Waals surface area (Å²) in [6.07, 6.45) is 2.56. The molecule has 0 fully saturated rings. The van der Waals surface area contributed by atoms with Crippen molar-refractivity contribution in [2.24, 2.45) is 11.6 Å². The molecule has 0 rings (SSSR count). The highest BCUT2D eigenvalue weighted by atomic mass is 16.6. The lowest BCUT2D eigenvalue weighted by atomic mass is 10.1. The third kappa shape index (κ3) is 19.4. The third-order valence-corrected chi connectivity index (χ3v) is 4.11. The Labute approximate surface area is 191 Å². The van der Waals surface area contributed by atoms with Crippen molar-refractivity contribution in [1.82, 2.24) is 5.01 Å². The van der Waals surface area contributed by atoms with Crippen molar-refractivity contribution in [2.75, 3.05) is 52.8 Å². The van der Waals surface area contributed by atoms with Crippen LogP contribution in [0.3, 0.4) is 0 Å². The second kappa shape index (κ2) is 22.9. The maximum absolute atomic E-state index is 10.9. The number of nitrogens with zero attached hydrogens (tertiary/aromatic N) is 1. The zero-order chi connectivity index (χ0) is 24.8. The molecule has 0 bridgehead atoms. The highest BCUT2D eigenvalue weighted by Gasteiger charge is 2.17. The van der Waals surface area contributed by atoms with E-state index in [1.807, 2.05) is 13.8 Å². The summed E-state index contributed by atoms with van der Waals surface area (Å²) in [5.74, 6) is 6.06. The van der Waals surface area contributed by atoms with Crippen molar-refractivity contribution < 1.29 is 39.4 Å². The number of hydrazine groups is 1. The Balaban J connectivity index is 0. The number of aliphatic hydroxyl groups is 4. The number of hydrogen-bond acceptors (Lipinski definition) is 11. The van der Waals surface area contributed by atoms with Crippen LogP contribution in [0.2, 0.25) is 0 Å². The van der Waals surface area contributed by atoms with Gasteiger partial charge in [-0.15, -0.1) is 0 Å². The molecule has 11 heteroatoms. The van der Waals surface area contributed by atoms with Gasteiger partial charge in [-0.25, -0.2) is 5.84 Å². The van der Waals surface area contributed by atoms with E-state index in [9.17, 15) is 4.79 Å². The number of rotatable bonds is 20. The lowest BCUT2D eigenvalue weighted by Crippen LogP contribution is -2.35. The Kier molecular flexibility index (Phi) is 23.5. The Bertz CT molecular complexity index is 444. The summed E-state index contributed by atoms with van der Waals surface area (Å²) < 4.78 is 16.4. The quantitative estimate of drug-likeness (QED) is 0.0754. The van der Waals surface area contributed by atoms with E-state index in [0.717, 1.165) is 19.3 Å². The fourth-order valence-electron chi connectivity index (χ4n) is 2.33. The molecule has 0 aromatic rings. The number of ether oxygens (including phenoxy) is 3. The number of carbonyl (C=O) groups excluding carboxylic acids is 1. The Morgan fingerprint density at radius 2 is 1.38 bits per heavy atom. The number of ketones is 1. The standard InChI is InChI=1S/C19H39N3O8.C2H6/c1-15(27)5-3-2-4-6-22(21)7-16(20)12-28-19(13-29-17(8-23)9-24)14-30-18(10-25)11-26;1-2/h7,17-19,23-26H,2-6,8-14,20-21H2,1H3;1-2H3/b16-7-;. The minimum Gasteiger partial charge on any atom is -0.399 e. The molecular weight excluding hydrogens is 422 g/mol. The van der Waals surface area contributed by atoms with Crippen LogP contribution >= 0.6 is 0 Å². The van der Waals surface area contributed by atoms with E-state index in [1.165, 1.54) is 5.01 Å². The first kappa shape index (κ1) is 32.9. The summed E-state index contributed by atoms with van der Waals surface area (Å²) in [7, 11) is 0. The van der Waals surface area contributed by atoms with Gasteiger partial charge in [-0.3, -0.25) is 0 Å². The predicted octanol–water partition coefficient (Wildman–Crippen LogP) is -0.737. The Morgan fingerprint density at radius 1 is 0.875 bits per heavy atom. The van der Waals surface area contributed by atoms with Crippen LogP contribution in [0.4, 0.5) is 0 Å². The largest absolute Gasteiger partial charge is 0.399 e. The highest BCUT2D eigenvalue weighted by Crippen LogP contribution is 2.04. The SMILES string of the molecule is CC.CC(=O)CCCCCN(N)/C=C(\N)COC(COC(CO)CO)COC(CO)CO. The number of nitrogens with two attached hydrogens (primary N) is 2. The molecule has 0 unspecified atom stereocenters. The van der Waals surface area contributed by atoms with Crippen LogP contribution in [0.5, 0.6) is 0 Å². The predicted molar refractivity (Wildman–Crippen MR) is 121 cm³/mol. The van der Waals surface area contributed by atoms with Crippen LogP contribution in [-0.2, 0) is 19.0 Å². The van der Waals surface area contributed by atoms with Gasteiger partial charge in [-0.1, -0.05) is 20.3 Å². The lowest BCUT2D eigenvalue weighted by Gasteiger charge is -2.23. The smallest absolute Gasteiger partial charge is 0.129 e. The molecule has 0 radical (unpaired) electrons. The molecule has 0 heterocycles. The monoisotopic (exact) mass is 467 g/mol. The van der Waals surface area contributed by atoms with Crippen LogP contribution in [0, 0.1) is 0 Å². The van der Waals surface area contributed by atoms with E-state index in [2.05, 4.69) is 0 Å². The Hall–Kier alpha value is -1.31. The second-order valence-electron chi connectivity index (χ2n) is 7.03. The number of unbranched alkanes of at least 4 members (excludes halogenated alkanes) is 2. The minimum atomic E-state index is -0.752. The summed E-state index contributed by atoms with van der Waals surface area (Å²) in [6.45, 7) is 4.79. The topological polar surface area (TPSA) is 181 Å². The van der Waals surface area contributed by atoms with Gasteiger partial charge in [0.2, 0.25) is 0 Å². The molecule has 0 spiro atoms. The fourth-order valence-corrected chi connectivity index (χ4v) is 2.33. The zero-order valence-corrected chi connectivity index (χ0v) is 19.8. The van der Waals surface area contributed by atoms with Crippen LogP contribution in [0.1, 0.15) is 46.5 Å². The molecule has 0 saturated carbocycles. The van der Waals surface area contributed by atoms with Crippen LogP contribution in [-0.4, -0.2) is 102 Å². The molecule has 0 atom stereocenters. The van der Waals surface area contributed by atoms with Gasteiger partial charge in [0.25, 0.3) is 0 Å². The van der Waals surface area contributed by atoms with Gasteiger partial charge in [0.15, 0.2) is 0 Å². The van der Waals surface area contributed by atoms with E-state index in [-0.39, 0.29) is 52.0 Å². The lowest BCUT2D eigenvalue weighted by molar-refractivity contribution is -0.117. The van der Waals surface area contributed by atoms with Crippen molar-refractivity contribution in [3.05, 3.63) is 11.9 Å². The average Bonchev–Trinajstić information content (AvgIpc) is 2.78. The van der Waals surface area contributed by atoms with E-state index in [0.29, 0.717) is 18.7 Å². The number of carbonyl (C=O) groups is 1. The molecule has 8 N–H and O–H groups in total. The maximum Gasteiger partial charge on any atom is 0.129 e. The molecule has 32 heavy (non-hydrogen) atoms. The van der Waals surface area contributed by atoms with Crippen molar-refractivity contribution in [2.45, 2.75) is 64.8 Å². The molecular formula is C21H45N3O8. The van der Waals surface area contributed by atoms with Crippen molar-refractivity contribution in [3.8, 4) is 0 Å². The van der Waals surface area contributed by atoms with Gasteiger partial charge in [0, 0.05) is 19.2 Å². The fraction of sp³-hybridized carbons (Fsp3) is 0.857. The van der Waals surface area contributed by atoms with Gasteiger partial charge in [-0.05, 0) is 19.8 Å². The van der Waals surface area contributed by atoms with E-state index < -0.39 is 18.3 Å². The van der Waals surface area contributed by atoms with Gasteiger partial charge >= 0.3 is 0 Å². The summed E-state index contributed by atoms with van der Waals surface area (Å²) in [6, 6.07) is 0. The van der Waals surface area contributed by atoms with E-state index in [1.54, 1.807) is 13.1 Å². The van der Waals surface area contributed by atoms with Gasteiger partial charge in [0.1, 0.15) is 24.1 Å². The molecule has 0 aromatic carbocycles. The summed E-state index contributed by atoms with van der Waals surface area (Å²) in [4.78, 5) is 10.9. The molecule has 0 aliphatic heterocycles. The molecule has 0 aliphatic rings. The zero-order valence-electron chi connectivity index (χ0n) is 19.8. The maximum atomic E-state index is 10.9. The van der Waals surface area contributed by atoms with Crippen molar-refractivity contribution >= 4 is 5.78 Å². The molecule has 192 valence electrons. The molecule has 0 amide bonds. The minimum absolute atomic E-state index is 0.00509. The van der Waals surface area contributed by atoms with Crippen LogP contribution in [0.15, 0.2) is 11.9 Å². The third-order valence-electron chi connectivity index (χ3n) is 4.11. The van der Waals surface area contributed by atoms with Crippen molar-refractivity contribution in [3.63, 3.8) is 0 Å². The highest BCUT2D eigenvalue weighted by molar-refractivity contribution is 5.75. The molecule has 0 aromatic heterocycles. The van der Waals surface area contributed by atoms with E-state index in [4.69, 9.17) is 46.2 Å². The first-order chi connectivity index (χ1) is 15.4.